The number of ether oxygens (including phenoxy) is 1. The Morgan fingerprint density at radius 3 is 2.71 bits per heavy atom. The zero-order chi connectivity index (χ0) is 15.4. The van der Waals surface area contributed by atoms with Gasteiger partial charge < -0.3 is 10.1 Å². The van der Waals surface area contributed by atoms with Gasteiger partial charge in [-0.25, -0.2) is 0 Å². The predicted molar refractivity (Wildman–Crippen MR) is 85.9 cm³/mol. The van der Waals surface area contributed by atoms with Crippen LogP contribution in [0.25, 0.3) is 0 Å². The molecular formula is C15H15BrN2O3. The van der Waals surface area contributed by atoms with Gasteiger partial charge in [0.15, 0.2) is 0 Å². The molecule has 6 heteroatoms. The van der Waals surface area contributed by atoms with Crippen molar-refractivity contribution in [2.45, 2.75) is 13.5 Å². The van der Waals surface area contributed by atoms with Crippen molar-refractivity contribution in [3.05, 3.63) is 62.1 Å². The fraction of sp³-hybridized carbons (Fsp3) is 0.200. The number of benzene rings is 2. The highest BCUT2D eigenvalue weighted by Gasteiger charge is 2.11. The molecule has 21 heavy (non-hydrogen) atoms. The molecule has 0 aromatic heterocycles. The van der Waals surface area contributed by atoms with Gasteiger partial charge in [-0.05, 0) is 30.7 Å². The van der Waals surface area contributed by atoms with Crippen LogP contribution in [-0.2, 0) is 6.54 Å². The first kappa shape index (κ1) is 15.3. The van der Waals surface area contributed by atoms with E-state index < -0.39 is 0 Å². The van der Waals surface area contributed by atoms with Crippen LogP contribution >= 0.6 is 15.9 Å². The monoisotopic (exact) mass is 350 g/mol. The van der Waals surface area contributed by atoms with E-state index in [1.54, 1.807) is 26.2 Å². The molecule has 0 amide bonds. The van der Waals surface area contributed by atoms with E-state index in [0.717, 1.165) is 21.5 Å². The van der Waals surface area contributed by atoms with E-state index >= 15 is 0 Å². The molecule has 2 rings (SSSR count). The summed E-state index contributed by atoms with van der Waals surface area (Å²) in [5, 5.41) is 14.2. The van der Waals surface area contributed by atoms with Crippen LogP contribution in [0.2, 0.25) is 0 Å². The average Bonchev–Trinajstić information content (AvgIpc) is 2.46. The van der Waals surface area contributed by atoms with Gasteiger partial charge in [0.25, 0.3) is 5.69 Å². The summed E-state index contributed by atoms with van der Waals surface area (Å²) in [4.78, 5) is 10.6. The SMILES string of the molecule is COc1ccc(Br)cc1NCc1ccc(C)c([N+](=O)[O-])c1. The molecule has 2 aromatic carbocycles. The Labute approximate surface area is 131 Å². The molecule has 0 bridgehead atoms. The quantitative estimate of drug-likeness (QED) is 0.645. The van der Waals surface area contributed by atoms with Gasteiger partial charge >= 0.3 is 0 Å². The number of halogens is 1. The maximum absolute atomic E-state index is 11.0. The van der Waals surface area contributed by atoms with Crippen molar-refractivity contribution in [3.63, 3.8) is 0 Å². The summed E-state index contributed by atoms with van der Waals surface area (Å²) in [5.41, 5.74) is 2.46. The van der Waals surface area contributed by atoms with Crippen LogP contribution in [0.1, 0.15) is 11.1 Å². The lowest BCUT2D eigenvalue weighted by Gasteiger charge is -2.12. The Bertz CT molecular complexity index is 674. The number of rotatable bonds is 5. The second-order valence-electron chi connectivity index (χ2n) is 4.58. The standard InChI is InChI=1S/C15H15BrN2O3/c1-10-3-4-11(7-14(10)18(19)20)9-17-13-8-12(16)5-6-15(13)21-2/h3-8,17H,9H2,1-2H3. The lowest BCUT2D eigenvalue weighted by atomic mass is 10.1. The Kier molecular flexibility index (Phi) is 4.80. The third kappa shape index (κ3) is 3.72. The predicted octanol–water partition coefficient (Wildman–Crippen LogP) is 4.29. The van der Waals surface area contributed by atoms with Crippen molar-refractivity contribution >= 4 is 27.3 Å². The van der Waals surface area contributed by atoms with Gasteiger partial charge in [0, 0.05) is 22.6 Å². The molecule has 0 fully saturated rings. The lowest BCUT2D eigenvalue weighted by Crippen LogP contribution is -2.02. The van der Waals surface area contributed by atoms with E-state index in [9.17, 15) is 10.1 Å². The minimum absolute atomic E-state index is 0.135. The van der Waals surface area contributed by atoms with Gasteiger partial charge in [0.1, 0.15) is 5.75 Å². The van der Waals surface area contributed by atoms with Crippen LogP contribution in [-0.4, -0.2) is 12.0 Å². The second-order valence-corrected chi connectivity index (χ2v) is 5.49. The van der Waals surface area contributed by atoms with Crippen molar-refractivity contribution in [2.75, 3.05) is 12.4 Å². The van der Waals surface area contributed by atoms with Crippen LogP contribution in [0.15, 0.2) is 40.9 Å². The number of methoxy groups -OCH3 is 1. The molecule has 0 radical (unpaired) electrons. The minimum Gasteiger partial charge on any atom is -0.495 e. The van der Waals surface area contributed by atoms with Gasteiger partial charge in [-0.3, -0.25) is 10.1 Å². The molecule has 1 N–H and O–H groups in total. The molecule has 0 heterocycles. The molecule has 5 nitrogen and oxygen atoms in total. The molecule has 0 spiro atoms. The average molecular weight is 351 g/mol. The summed E-state index contributed by atoms with van der Waals surface area (Å²) in [6.45, 7) is 2.21. The van der Waals surface area contributed by atoms with Gasteiger partial charge in [-0.15, -0.1) is 0 Å². The van der Waals surface area contributed by atoms with Crippen molar-refractivity contribution in [3.8, 4) is 5.75 Å². The summed E-state index contributed by atoms with van der Waals surface area (Å²) in [6.07, 6.45) is 0. The molecule has 2 aromatic rings. The normalized spacial score (nSPS) is 10.2. The Morgan fingerprint density at radius 1 is 1.29 bits per heavy atom. The molecular weight excluding hydrogens is 336 g/mol. The highest BCUT2D eigenvalue weighted by Crippen LogP contribution is 2.28. The smallest absolute Gasteiger partial charge is 0.272 e. The summed E-state index contributed by atoms with van der Waals surface area (Å²) < 4.78 is 6.21. The summed E-state index contributed by atoms with van der Waals surface area (Å²) in [5.74, 6) is 0.722. The summed E-state index contributed by atoms with van der Waals surface area (Å²) in [6, 6.07) is 10.9. The topological polar surface area (TPSA) is 64.4 Å². The Balaban J connectivity index is 2.19. The van der Waals surface area contributed by atoms with Gasteiger partial charge in [0.2, 0.25) is 0 Å². The molecule has 0 aliphatic heterocycles. The molecule has 0 atom stereocenters. The van der Waals surface area contributed by atoms with E-state index in [1.165, 1.54) is 0 Å². The number of nitrogens with zero attached hydrogens (tertiary/aromatic N) is 1. The molecule has 0 aliphatic carbocycles. The molecule has 0 saturated carbocycles. The maximum Gasteiger partial charge on any atom is 0.272 e. The number of nitro benzene ring substituents is 1. The van der Waals surface area contributed by atoms with Crippen molar-refractivity contribution < 1.29 is 9.66 Å². The Morgan fingerprint density at radius 2 is 2.05 bits per heavy atom. The second kappa shape index (κ2) is 6.58. The fourth-order valence-corrected chi connectivity index (χ4v) is 2.34. The molecule has 0 unspecified atom stereocenters. The zero-order valence-electron chi connectivity index (χ0n) is 11.7. The van der Waals surface area contributed by atoms with Crippen LogP contribution in [0.4, 0.5) is 11.4 Å². The van der Waals surface area contributed by atoms with Gasteiger partial charge in [0.05, 0.1) is 17.7 Å². The van der Waals surface area contributed by atoms with E-state index in [-0.39, 0.29) is 10.6 Å². The zero-order valence-corrected chi connectivity index (χ0v) is 13.3. The maximum atomic E-state index is 11.0. The van der Waals surface area contributed by atoms with E-state index in [4.69, 9.17) is 4.74 Å². The van der Waals surface area contributed by atoms with Crippen molar-refractivity contribution in [2.24, 2.45) is 0 Å². The van der Waals surface area contributed by atoms with E-state index in [2.05, 4.69) is 21.2 Å². The summed E-state index contributed by atoms with van der Waals surface area (Å²) >= 11 is 3.41. The van der Waals surface area contributed by atoms with Gasteiger partial charge in [-0.1, -0.05) is 28.1 Å². The number of hydrogen-bond acceptors (Lipinski definition) is 4. The van der Waals surface area contributed by atoms with Crippen LogP contribution in [0.5, 0.6) is 5.75 Å². The molecule has 0 saturated heterocycles. The lowest BCUT2D eigenvalue weighted by molar-refractivity contribution is -0.385. The number of nitrogens with one attached hydrogen (secondary N) is 1. The van der Waals surface area contributed by atoms with Crippen molar-refractivity contribution in [1.29, 1.82) is 0 Å². The first-order valence-corrected chi connectivity index (χ1v) is 7.12. The fourth-order valence-electron chi connectivity index (χ4n) is 1.98. The van der Waals surface area contributed by atoms with E-state index in [0.29, 0.717) is 12.1 Å². The highest BCUT2D eigenvalue weighted by atomic mass is 79.9. The Hall–Kier alpha value is -2.08. The van der Waals surface area contributed by atoms with Crippen LogP contribution in [0, 0.1) is 17.0 Å². The highest BCUT2D eigenvalue weighted by molar-refractivity contribution is 9.10. The van der Waals surface area contributed by atoms with E-state index in [1.807, 2.05) is 24.3 Å². The van der Waals surface area contributed by atoms with Crippen LogP contribution < -0.4 is 10.1 Å². The molecule has 0 aliphatic rings. The first-order valence-electron chi connectivity index (χ1n) is 6.32. The van der Waals surface area contributed by atoms with Crippen LogP contribution in [0.3, 0.4) is 0 Å². The largest absolute Gasteiger partial charge is 0.495 e. The van der Waals surface area contributed by atoms with Gasteiger partial charge in [-0.2, -0.15) is 0 Å². The number of anilines is 1. The first-order chi connectivity index (χ1) is 10.0. The minimum atomic E-state index is -0.363. The molecule has 110 valence electrons. The number of nitro groups is 1. The third-order valence-corrected chi connectivity index (χ3v) is 3.61. The number of hydrogen-bond donors (Lipinski definition) is 1. The van der Waals surface area contributed by atoms with Crippen molar-refractivity contribution in [1.82, 2.24) is 0 Å². The summed E-state index contributed by atoms with van der Waals surface area (Å²) in [7, 11) is 1.60. The third-order valence-electron chi connectivity index (χ3n) is 3.11. The number of aryl methyl sites for hydroxylation is 1.